The molecule has 3 nitrogen and oxygen atoms in total. The van der Waals surface area contributed by atoms with Crippen LogP contribution >= 0.6 is 11.8 Å². The van der Waals surface area contributed by atoms with Crippen LogP contribution in [0.4, 0.5) is 0 Å². The second-order valence-electron chi connectivity index (χ2n) is 4.87. The smallest absolute Gasteiger partial charge is 0.335 e. The van der Waals surface area contributed by atoms with Crippen LogP contribution in [0.2, 0.25) is 0 Å². The second kappa shape index (κ2) is 6.57. The van der Waals surface area contributed by atoms with E-state index in [9.17, 15) is 4.79 Å². The summed E-state index contributed by atoms with van der Waals surface area (Å²) >= 11 is 1.54. The van der Waals surface area contributed by atoms with Gasteiger partial charge in [-0.25, -0.2) is 9.78 Å². The second-order valence-corrected chi connectivity index (χ2v) is 5.87. The molecule has 0 spiro atoms. The molecule has 0 radical (unpaired) electrons. The molecule has 0 fully saturated rings. The molecular formula is C16H17NO2S. The maximum Gasteiger partial charge on any atom is 0.335 e. The Bertz CT molecular complexity index is 594. The van der Waals surface area contributed by atoms with Crippen molar-refractivity contribution < 1.29 is 9.90 Å². The van der Waals surface area contributed by atoms with E-state index in [0.29, 0.717) is 5.92 Å². The number of nitrogens with zero attached hydrogens (tertiary/aromatic N) is 1. The summed E-state index contributed by atoms with van der Waals surface area (Å²) in [7, 11) is 0. The fraction of sp³-hybridized carbons (Fsp3) is 0.250. The molecule has 1 heterocycles. The summed E-state index contributed by atoms with van der Waals surface area (Å²) in [5, 5.41) is 9.67. The van der Waals surface area contributed by atoms with Gasteiger partial charge in [-0.05, 0) is 29.2 Å². The van der Waals surface area contributed by atoms with Crippen LogP contribution in [0, 0.1) is 0 Å². The molecule has 0 aliphatic heterocycles. The Balaban J connectivity index is 2.01. The molecule has 0 aliphatic carbocycles. The maximum absolute atomic E-state index is 10.9. The Labute approximate surface area is 123 Å². The predicted octanol–water partition coefficient (Wildman–Crippen LogP) is 4.20. The van der Waals surface area contributed by atoms with Gasteiger partial charge < -0.3 is 5.11 Å². The van der Waals surface area contributed by atoms with Crippen LogP contribution in [0.3, 0.4) is 0 Å². The van der Waals surface area contributed by atoms with Crippen LogP contribution in [0.15, 0.2) is 47.6 Å². The quantitative estimate of drug-likeness (QED) is 0.837. The summed E-state index contributed by atoms with van der Waals surface area (Å²) in [4.78, 5) is 15.1. The van der Waals surface area contributed by atoms with Gasteiger partial charge in [0.1, 0.15) is 0 Å². The first-order valence-electron chi connectivity index (χ1n) is 6.47. The molecule has 1 N–H and O–H groups in total. The van der Waals surface area contributed by atoms with Crippen molar-refractivity contribution in [1.29, 1.82) is 0 Å². The van der Waals surface area contributed by atoms with Gasteiger partial charge in [-0.1, -0.05) is 38.1 Å². The van der Waals surface area contributed by atoms with Crippen LogP contribution in [-0.2, 0) is 5.75 Å². The van der Waals surface area contributed by atoms with Crippen LogP contribution in [0.25, 0.3) is 0 Å². The van der Waals surface area contributed by atoms with Crippen LogP contribution < -0.4 is 0 Å². The average Bonchev–Trinajstić information content (AvgIpc) is 2.46. The van der Waals surface area contributed by atoms with E-state index in [1.165, 1.54) is 23.4 Å². The summed E-state index contributed by atoms with van der Waals surface area (Å²) in [5.41, 5.74) is 2.81. The van der Waals surface area contributed by atoms with Gasteiger partial charge in [0, 0.05) is 11.9 Å². The molecule has 0 bridgehead atoms. The normalized spacial score (nSPS) is 10.8. The molecule has 0 saturated heterocycles. The van der Waals surface area contributed by atoms with Crippen molar-refractivity contribution in [1.82, 2.24) is 4.98 Å². The van der Waals surface area contributed by atoms with E-state index in [-0.39, 0.29) is 5.56 Å². The summed E-state index contributed by atoms with van der Waals surface area (Å²) in [5.74, 6) is 0.398. The van der Waals surface area contributed by atoms with Gasteiger partial charge in [-0.15, -0.1) is 11.8 Å². The van der Waals surface area contributed by atoms with E-state index in [0.717, 1.165) is 10.8 Å². The number of thioether (sulfide) groups is 1. The van der Waals surface area contributed by atoms with E-state index in [4.69, 9.17) is 5.11 Å². The summed E-state index contributed by atoms with van der Waals surface area (Å²) in [6.07, 6.45) is 1.54. The summed E-state index contributed by atoms with van der Waals surface area (Å²) in [6.45, 7) is 4.34. The van der Waals surface area contributed by atoms with Gasteiger partial charge in [0.05, 0.1) is 10.6 Å². The highest BCUT2D eigenvalue weighted by molar-refractivity contribution is 7.98. The topological polar surface area (TPSA) is 50.2 Å². The Morgan fingerprint density at radius 1 is 1.25 bits per heavy atom. The lowest BCUT2D eigenvalue weighted by Gasteiger charge is -2.07. The molecule has 0 saturated carbocycles. The van der Waals surface area contributed by atoms with Gasteiger partial charge in [0.2, 0.25) is 0 Å². The minimum absolute atomic E-state index is 0.276. The molecule has 1 aromatic carbocycles. The number of pyridine rings is 1. The standard InChI is InChI=1S/C16H17NO2S/c1-11(2)13-5-3-12(4-6-13)10-20-15-9-14(16(18)19)7-8-17-15/h3-9,11H,10H2,1-2H3,(H,18,19). The number of carbonyl (C=O) groups is 1. The maximum atomic E-state index is 10.9. The van der Waals surface area contributed by atoms with E-state index in [1.807, 2.05) is 0 Å². The minimum atomic E-state index is -0.921. The number of aromatic nitrogens is 1. The zero-order chi connectivity index (χ0) is 14.5. The van der Waals surface area contributed by atoms with Crippen LogP contribution in [0.1, 0.15) is 41.3 Å². The molecule has 4 heteroatoms. The van der Waals surface area contributed by atoms with E-state index in [2.05, 4.69) is 43.1 Å². The molecule has 20 heavy (non-hydrogen) atoms. The Morgan fingerprint density at radius 3 is 2.55 bits per heavy atom. The van der Waals surface area contributed by atoms with Gasteiger partial charge >= 0.3 is 5.97 Å². The summed E-state index contributed by atoms with van der Waals surface area (Å²) < 4.78 is 0. The van der Waals surface area contributed by atoms with Crippen molar-refractivity contribution in [3.63, 3.8) is 0 Å². The SMILES string of the molecule is CC(C)c1ccc(CSc2cc(C(=O)O)ccn2)cc1. The first-order valence-corrected chi connectivity index (χ1v) is 7.46. The van der Waals surface area contributed by atoms with Crippen molar-refractivity contribution >= 4 is 17.7 Å². The van der Waals surface area contributed by atoms with Crippen molar-refractivity contribution in [2.24, 2.45) is 0 Å². The van der Waals surface area contributed by atoms with Crippen LogP contribution in [0.5, 0.6) is 0 Å². The Hall–Kier alpha value is -1.81. The van der Waals surface area contributed by atoms with Gasteiger partial charge in [-0.3, -0.25) is 0 Å². The number of carboxylic acids is 1. The Morgan fingerprint density at radius 2 is 1.95 bits per heavy atom. The average molecular weight is 287 g/mol. The lowest BCUT2D eigenvalue weighted by atomic mass is 10.0. The number of hydrogen-bond acceptors (Lipinski definition) is 3. The first-order chi connectivity index (χ1) is 9.56. The molecule has 1 aromatic heterocycles. The lowest BCUT2D eigenvalue weighted by molar-refractivity contribution is 0.0696. The molecule has 0 amide bonds. The number of carboxylic acid groups (broad SMARTS) is 1. The minimum Gasteiger partial charge on any atom is -0.478 e. The molecule has 0 aliphatic rings. The third kappa shape index (κ3) is 3.84. The fourth-order valence-electron chi connectivity index (χ4n) is 1.78. The van der Waals surface area contributed by atoms with E-state index < -0.39 is 5.97 Å². The molecular weight excluding hydrogens is 270 g/mol. The largest absolute Gasteiger partial charge is 0.478 e. The molecule has 2 rings (SSSR count). The van der Waals surface area contributed by atoms with Gasteiger partial charge in [0.25, 0.3) is 0 Å². The fourth-order valence-corrected chi connectivity index (χ4v) is 2.63. The van der Waals surface area contributed by atoms with Crippen LogP contribution in [-0.4, -0.2) is 16.1 Å². The van der Waals surface area contributed by atoms with Crippen molar-refractivity contribution in [2.75, 3.05) is 0 Å². The number of aromatic carboxylic acids is 1. The Kier molecular flexibility index (Phi) is 4.79. The summed E-state index contributed by atoms with van der Waals surface area (Å²) in [6, 6.07) is 11.6. The van der Waals surface area contributed by atoms with Gasteiger partial charge in [-0.2, -0.15) is 0 Å². The number of hydrogen-bond donors (Lipinski definition) is 1. The zero-order valence-electron chi connectivity index (χ0n) is 11.5. The third-order valence-electron chi connectivity index (χ3n) is 3.01. The third-order valence-corrected chi connectivity index (χ3v) is 4.01. The lowest BCUT2D eigenvalue weighted by Crippen LogP contribution is -1.96. The molecule has 2 aromatic rings. The molecule has 0 unspecified atom stereocenters. The number of benzene rings is 1. The van der Waals surface area contributed by atoms with Crippen molar-refractivity contribution in [3.05, 3.63) is 59.3 Å². The molecule has 0 atom stereocenters. The zero-order valence-corrected chi connectivity index (χ0v) is 12.4. The first kappa shape index (κ1) is 14.6. The molecule has 104 valence electrons. The highest BCUT2D eigenvalue weighted by Crippen LogP contribution is 2.23. The monoisotopic (exact) mass is 287 g/mol. The van der Waals surface area contributed by atoms with Crippen molar-refractivity contribution in [3.8, 4) is 0 Å². The van der Waals surface area contributed by atoms with Crippen molar-refractivity contribution in [2.45, 2.75) is 30.5 Å². The highest BCUT2D eigenvalue weighted by Gasteiger charge is 2.05. The number of rotatable bonds is 5. The van der Waals surface area contributed by atoms with E-state index in [1.54, 1.807) is 17.8 Å². The highest BCUT2D eigenvalue weighted by atomic mass is 32.2. The van der Waals surface area contributed by atoms with E-state index >= 15 is 0 Å². The predicted molar refractivity (Wildman–Crippen MR) is 81.3 cm³/mol. The van der Waals surface area contributed by atoms with Gasteiger partial charge in [0.15, 0.2) is 0 Å².